The van der Waals surface area contributed by atoms with E-state index in [2.05, 4.69) is 0 Å². The van der Waals surface area contributed by atoms with Gasteiger partial charge in [-0.2, -0.15) is 0 Å². The maximum atomic E-state index is 13.8. The molecule has 45 heavy (non-hydrogen) atoms. The Kier molecular flexibility index (Phi) is 8.02. The molecule has 1 fully saturated rings. The van der Waals surface area contributed by atoms with Gasteiger partial charge in [0.05, 0.1) is 25.9 Å². The number of phenols is 1. The number of rotatable bonds is 6. The number of carbonyl (C=O) groups is 4. The van der Waals surface area contributed by atoms with E-state index in [0.717, 1.165) is 20.3 Å². The number of aryl methyl sites for hydroxylation is 1. The van der Waals surface area contributed by atoms with Crippen LogP contribution in [0.15, 0.2) is 24.0 Å². The number of hydrogen-bond donors (Lipinski definition) is 5. The molecule has 8 atom stereocenters. The number of ketones is 3. The first-order valence-electron chi connectivity index (χ1n) is 13.6. The highest BCUT2D eigenvalue weighted by Gasteiger charge is 2.73. The van der Waals surface area contributed by atoms with Gasteiger partial charge in [0.2, 0.25) is 34.8 Å². The second kappa shape index (κ2) is 11.1. The van der Waals surface area contributed by atoms with Crippen molar-refractivity contribution in [3.8, 4) is 11.5 Å². The summed E-state index contributed by atoms with van der Waals surface area (Å²) in [6.45, 7) is 3.03. The number of carbonyl (C=O) groups excluding carboxylic acids is 4. The molecule has 5 rings (SSSR count). The molecule has 3 aliphatic rings. The molecule has 0 saturated carbocycles. The molecule has 0 bridgehead atoms. The van der Waals surface area contributed by atoms with Crippen molar-refractivity contribution in [2.75, 3.05) is 28.4 Å². The van der Waals surface area contributed by atoms with Gasteiger partial charge in [0.25, 0.3) is 0 Å². The summed E-state index contributed by atoms with van der Waals surface area (Å²) in [6, 6.07) is 2.26. The third-order valence-electron chi connectivity index (χ3n) is 8.77. The minimum atomic E-state index is -3.52. The van der Waals surface area contributed by atoms with Crippen LogP contribution in [0.2, 0.25) is 0 Å². The molecule has 1 aliphatic heterocycles. The lowest BCUT2D eigenvalue weighted by molar-refractivity contribution is -0.277. The van der Waals surface area contributed by atoms with Crippen molar-refractivity contribution >= 4 is 34.1 Å². The molecule has 15 nitrogen and oxygen atoms in total. The Morgan fingerprint density at radius 3 is 2.20 bits per heavy atom. The zero-order valence-corrected chi connectivity index (χ0v) is 25.0. The maximum absolute atomic E-state index is 13.8. The number of aliphatic hydroxyl groups excluding tert-OH is 2. The van der Waals surface area contributed by atoms with Gasteiger partial charge in [-0.15, -0.1) is 0 Å². The van der Waals surface area contributed by atoms with Crippen LogP contribution in [0.25, 0.3) is 10.8 Å². The first-order chi connectivity index (χ1) is 21.1. The summed E-state index contributed by atoms with van der Waals surface area (Å²) in [4.78, 5) is 53.5. The normalized spacial score (nSPS) is 32.9. The molecule has 1 saturated heterocycles. The largest absolute Gasteiger partial charge is 0.507 e. The van der Waals surface area contributed by atoms with Crippen molar-refractivity contribution in [3.05, 3.63) is 46.2 Å². The molecular weight excluding hydrogens is 600 g/mol. The van der Waals surface area contributed by atoms with Crippen LogP contribution in [-0.4, -0.2) is 125 Å². The summed E-state index contributed by atoms with van der Waals surface area (Å²) >= 11 is 0. The van der Waals surface area contributed by atoms with Gasteiger partial charge in [-0.3, -0.25) is 14.4 Å². The number of fused-ring (bicyclic) bond motifs is 3. The third-order valence-corrected chi connectivity index (χ3v) is 8.77. The molecule has 2 aliphatic carbocycles. The van der Waals surface area contributed by atoms with Gasteiger partial charge in [-0.1, -0.05) is 0 Å². The summed E-state index contributed by atoms with van der Waals surface area (Å²) in [5, 5.41) is 55.7. The van der Waals surface area contributed by atoms with E-state index >= 15 is 0 Å². The highest BCUT2D eigenvalue weighted by atomic mass is 16.7. The minimum Gasteiger partial charge on any atom is -0.507 e. The zero-order valence-electron chi connectivity index (χ0n) is 25.0. The van der Waals surface area contributed by atoms with Gasteiger partial charge >= 0.3 is 5.97 Å². The first-order valence-corrected chi connectivity index (χ1v) is 13.6. The highest BCUT2D eigenvalue weighted by Crippen LogP contribution is 2.49. The van der Waals surface area contributed by atoms with Crippen molar-refractivity contribution in [1.29, 1.82) is 0 Å². The van der Waals surface area contributed by atoms with E-state index in [4.69, 9.17) is 28.4 Å². The average Bonchev–Trinajstić information content (AvgIpc) is 3.01. The number of phenolic OH excluding ortho intramolecular Hbond substituents is 1. The second-order valence-corrected chi connectivity index (χ2v) is 11.0. The van der Waals surface area contributed by atoms with E-state index in [1.165, 1.54) is 27.2 Å². The molecule has 2 aromatic rings. The molecule has 15 heteroatoms. The molecular formula is C30H32O15. The third kappa shape index (κ3) is 4.23. The fourth-order valence-corrected chi connectivity index (χ4v) is 6.42. The number of methoxy groups -OCH3 is 4. The summed E-state index contributed by atoms with van der Waals surface area (Å²) in [5.74, 6) is -7.16. The molecule has 0 aromatic heterocycles. The lowest BCUT2D eigenvalue weighted by Gasteiger charge is -2.47. The van der Waals surface area contributed by atoms with Crippen LogP contribution in [0.5, 0.6) is 11.5 Å². The molecule has 0 spiro atoms. The Morgan fingerprint density at radius 1 is 0.978 bits per heavy atom. The average molecular weight is 633 g/mol. The second-order valence-electron chi connectivity index (χ2n) is 11.0. The number of Topliss-reactive ketones (excluding diaryl/α,β-unsaturated/α-hetero) is 2. The number of benzene rings is 2. The van der Waals surface area contributed by atoms with Crippen molar-refractivity contribution in [3.63, 3.8) is 0 Å². The van der Waals surface area contributed by atoms with Crippen molar-refractivity contribution in [1.82, 2.24) is 0 Å². The van der Waals surface area contributed by atoms with Crippen molar-refractivity contribution in [2.45, 2.75) is 61.9 Å². The van der Waals surface area contributed by atoms with Crippen LogP contribution in [0.3, 0.4) is 0 Å². The molecule has 5 N–H and O–H groups in total. The molecule has 8 unspecified atom stereocenters. The fraction of sp³-hybridized carbons (Fsp3) is 0.467. The van der Waals surface area contributed by atoms with Crippen molar-refractivity contribution in [2.24, 2.45) is 0 Å². The van der Waals surface area contributed by atoms with Gasteiger partial charge in [0.15, 0.2) is 6.10 Å². The van der Waals surface area contributed by atoms with E-state index < -0.39 is 94.0 Å². The maximum Gasteiger partial charge on any atom is 0.341 e. The van der Waals surface area contributed by atoms with Gasteiger partial charge in [0, 0.05) is 31.2 Å². The zero-order chi connectivity index (χ0) is 33.3. The van der Waals surface area contributed by atoms with Crippen LogP contribution in [0, 0.1) is 6.92 Å². The molecule has 1 heterocycles. The van der Waals surface area contributed by atoms with Gasteiger partial charge in [-0.25, -0.2) is 4.79 Å². The monoisotopic (exact) mass is 632 g/mol. The van der Waals surface area contributed by atoms with Gasteiger partial charge in [-0.05, 0) is 36.9 Å². The van der Waals surface area contributed by atoms with Crippen LogP contribution in [0.4, 0.5) is 0 Å². The quantitative estimate of drug-likeness (QED) is 0.199. The first kappa shape index (κ1) is 32.4. The lowest BCUT2D eigenvalue weighted by Crippen LogP contribution is -2.76. The predicted molar refractivity (Wildman–Crippen MR) is 149 cm³/mol. The van der Waals surface area contributed by atoms with E-state index in [9.17, 15) is 44.7 Å². The minimum absolute atomic E-state index is 0.0165. The predicted octanol–water partition coefficient (Wildman–Crippen LogP) is -0.530. The number of hydrogen-bond acceptors (Lipinski definition) is 15. The van der Waals surface area contributed by atoms with Crippen LogP contribution >= 0.6 is 0 Å². The summed E-state index contributed by atoms with van der Waals surface area (Å²) < 4.78 is 32.4. The summed E-state index contributed by atoms with van der Waals surface area (Å²) in [7, 11) is 4.90. The summed E-state index contributed by atoms with van der Waals surface area (Å²) in [6.07, 6.45) is -6.82. The van der Waals surface area contributed by atoms with Crippen LogP contribution in [-0.2, 0) is 28.5 Å². The molecule has 0 radical (unpaired) electrons. The standard InChI is InChI=1S/C30H32O15/c1-10-17-12(8-14(18(10)27(37)43-6)45-28-21(33)23(42-5)22(41-4)11(2)44-28)7-13-19(20(17)32)26(36)29(38)16(31)9-15(40-3)25(35)30(29,39)24(13)34/h7-9,11,21-23,25,28,32-33,35,38-39H,1-6H3. The Morgan fingerprint density at radius 2 is 1.62 bits per heavy atom. The number of aromatic hydroxyl groups is 1. The SMILES string of the molecule is COC(=O)c1c(OC2OC(C)C(OC)C(OC)C2O)cc2cc3c(c(O)c2c1C)C(=O)C1(O)C(=O)C=C(OC)C(O)C1(O)C3=O. The molecule has 2 aromatic carbocycles. The van der Waals surface area contributed by atoms with Crippen LogP contribution < -0.4 is 4.74 Å². The summed E-state index contributed by atoms with van der Waals surface area (Å²) in [5.41, 5.74) is -8.69. The van der Waals surface area contributed by atoms with E-state index in [0.29, 0.717) is 6.08 Å². The van der Waals surface area contributed by atoms with Gasteiger partial charge in [0.1, 0.15) is 41.1 Å². The Balaban J connectivity index is 1.73. The smallest absolute Gasteiger partial charge is 0.341 e. The Bertz CT molecular complexity index is 1660. The molecule has 242 valence electrons. The number of aliphatic hydroxyl groups is 4. The number of ether oxygens (including phenoxy) is 6. The highest BCUT2D eigenvalue weighted by molar-refractivity contribution is 6.35. The lowest BCUT2D eigenvalue weighted by atomic mass is 9.60. The fourth-order valence-electron chi connectivity index (χ4n) is 6.42. The molecule has 0 amide bonds. The van der Waals surface area contributed by atoms with E-state index in [1.54, 1.807) is 6.92 Å². The van der Waals surface area contributed by atoms with E-state index in [-0.39, 0.29) is 27.6 Å². The number of esters is 1. The Labute approximate surface area is 255 Å². The topological polar surface area (TPSA) is 225 Å². The van der Waals surface area contributed by atoms with Gasteiger partial charge < -0.3 is 54.0 Å². The van der Waals surface area contributed by atoms with Crippen molar-refractivity contribution < 1.29 is 73.1 Å². The van der Waals surface area contributed by atoms with E-state index in [1.807, 2.05) is 0 Å². The Hall–Kier alpha value is -3.96. The van der Waals surface area contributed by atoms with Crippen LogP contribution in [0.1, 0.15) is 43.6 Å².